The lowest BCUT2D eigenvalue weighted by Gasteiger charge is -2.43. The van der Waals surface area contributed by atoms with E-state index in [4.69, 9.17) is 4.74 Å². The average Bonchev–Trinajstić information content (AvgIpc) is 3.12. The number of fused-ring (bicyclic) bond motifs is 2. The van der Waals surface area contributed by atoms with Gasteiger partial charge in [-0.15, -0.1) is 11.3 Å². The summed E-state index contributed by atoms with van der Waals surface area (Å²) in [6, 6.07) is 5.70. The predicted octanol–water partition coefficient (Wildman–Crippen LogP) is 2.92. The Hall–Kier alpha value is -2.45. The Morgan fingerprint density at radius 2 is 2.00 bits per heavy atom. The fraction of sp³-hybridized carbons (Fsp3) is 0.400. The molecular weight excluding hydrogens is 385 g/mol. The highest BCUT2D eigenvalue weighted by molar-refractivity contribution is 7.14. The van der Waals surface area contributed by atoms with E-state index >= 15 is 0 Å². The first kappa shape index (κ1) is 18.9. The summed E-state index contributed by atoms with van der Waals surface area (Å²) in [5.41, 5.74) is 1.03. The van der Waals surface area contributed by atoms with Gasteiger partial charge in [0.05, 0.1) is 13.0 Å². The minimum absolute atomic E-state index is 0.0679. The summed E-state index contributed by atoms with van der Waals surface area (Å²) in [7, 11) is 0. The van der Waals surface area contributed by atoms with Crippen molar-refractivity contribution in [3.63, 3.8) is 0 Å². The van der Waals surface area contributed by atoms with E-state index in [9.17, 15) is 24.2 Å². The van der Waals surface area contributed by atoms with Crippen LogP contribution < -0.4 is 0 Å². The number of ether oxygens (including phenoxy) is 1. The van der Waals surface area contributed by atoms with E-state index in [1.807, 2.05) is 0 Å². The minimum Gasteiger partial charge on any atom is -0.505 e. The van der Waals surface area contributed by atoms with E-state index in [1.165, 1.54) is 29.5 Å². The number of amides is 1. The second kappa shape index (κ2) is 7.18. The first-order valence-electron chi connectivity index (χ1n) is 9.13. The van der Waals surface area contributed by atoms with E-state index in [2.05, 4.69) is 0 Å². The molecule has 1 spiro atoms. The number of aromatic carboxylic acids is 1. The third-order valence-electron chi connectivity index (χ3n) is 5.47. The highest BCUT2D eigenvalue weighted by Gasteiger charge is 2.43. The van der Waals surface area contributed by atoms with Gasteiger partial charge in [0.15, 0.2) is 11.6 Å². The molecule has 0 bridgehead atoms. The van der Waals surface area contributed by atoms with Crippen LogP contribution in [0.3, 0.4) is 0 Å². The lowest BCUT2D eigenvalue weighted by atomic mass is 9.85. The summed E-state index contributed by atoms with van der Waals surface area (Å²) in [6.07, 6.45) is 1.99. The summed E-state index contributed by atoms with van der Waals surface area (Å²) in [5.74, 6) is -2.20. The maximum absolute atomic E-state index is 13.5. The molecule has 2 N–H and O–H groups in total. The molecule has 0 aliphatic carbocycles. The summed E-state index contributed by atoms with van der Waals surface area (Å²) < 4.78 is 19.6. The Kier molecular flexibility index (Phi) is 4.84. The van der Waals surface area contributed by atoms with Gasteiger partial charge in [0.2, 0.25) is 5.91 Å². The molecule has 3 heterocycles. The van der Waals surface area contributed by atoms with Gasteiger partial charge >= 0.3 is 5.97 Å². The number of phenols is 1. The van der Waals surface area contributed by atoms with Gasteiger partial charge in [0.25, 0.3) is 0 Å². The van der Waals surface area contributed by atoms with E-state index in [-0.39, 0.29) is 12.3 Å². The third kappa shape index (κ3) is 3.38. The number of halogens is 1. The quantitative estimate of drug-likeness (QED) is 0.820. The summed E-state index contributed by atoms with van der Waals surface area (Å²) >= 11 is 1.27. The van der Waals surface area contributed by atoms with Crippen molar-refractivity contribution in [2.45, 2.75) is 31.3 Å². The Balaban J connectivity index is 1.45. The number of phenolic OH excluding ortho intramolecular Hbond substituents is 1. The molecule has 0 unspecified atom stereocenters. The molecule has 2 aliphatic rings. The number of thiophene rings is 1. The van der Waals surface area contributed by atoms with E-state index in [0.717, 1.165) is 10.4 Å². The van der Waals surface area contributed by atoms with Crippen molar-refractivity contribution in [3.8, 4) is 5.75 Å². The Morgan fingerprint density at radius 3 is 2.68 bits per heavy atom. The average molecular weight is 405 g/mol. The number of carboxylic acids is 1. The number of hydrogen-bond acceptors (Lipinski definition) is 5. The van der Waals surface area contributed by atoms with Crippen LogP contribution in [0.15, 0.2) is 24.3 Å². The molecule has 148 valence electrons. The number of likely N-dealkylation sites (tertiary alicyclic amines) is 1. The normalized spacial score (nSPS) is 18.1. The number of benzene rings is 1. The van der Waals surface area contributed by atoms with E-state index < -0.39 is 23.1 Å². The van der Waals surface area contributed by atoms with Crippen LogP contribution in [0.25, 0.3) is 0 Å². The lowest BCUT2D eigenvalue weighted by Crippen LogP contribution is -2.48. The zero-order valence-corrected chi connectivity index (χ0v) is 15.9. The highest BCUT2D eigenvalue weighted by atomic mass is 32.1. The van der Waals surface area contributed by atoms with Crippen LogP contribution in [-0.4, -0.2) is 46.7 Å². The van der Waals surface area contributed by atoms with Gasteiger partial charge in [-0.1, -0.05) is 6.07 Å². The zero-order valence-electron chi connectivity index (χ0n) is 15.1. The summed E-state index contributed by atoms with van der Waals surface area (Å²) in [6.45, 7) is 1.54. The van der Waals surface area contributed by atoms with Gasteiger partial charge in [0, 0.05) is 18.0 Å². The second-order valence-electron chi connectivity index (χ2n) is 7.21. The third-order valence-corrected chi connectivity index (χ3v) is 6.83. The monoisotopic (exact) mass is 405 g/mol. The van der Waals surface area contributed by atoms with Crippen LogP contribution in [0.5, 0.6) is 5.75 Å². The van der Waals surface area contributed by atoms with Crippen molar-refractivity contribution in [1.82, 2.24) is 4.90 Å². The Bertz CT molecular complexity index is 933. The molecule has 1 fully saturated rings. The molecule has 6 nitrogen and oxygen atoms in total. The zero-order chi connectivity index (χ0) is 19.9. The Morgan fingerprint density at radius 1 is 1.25 bits per heavy atom. The topological polar surface area (TPSA) is 87.1 Å². The van der Waals surface area contributed by atoms with Crippen LogP contribution in [-0.2, 0) is 28.0 Å². The summed E-state index contributed by atoms with van der Waals surface area (Å²) in [4.78, 5) is 27.0. The SMILES string of the molecule is O=C(O)c1cc2c(s1)C1(CCN(C(=O)Cc3ccc(O)c(F)c3)CC1)OCC2. The second-order valence-corrected chi connectivity index (χ2v) is 8.26. The molecule has 4 rings (SSSR count). The molecule has 1 saturated heterocycles. The van der Waals surface area contributed by atoms with E-state index in [1.54, 1.807) is 11.0 Å². The molecule has 0 radical (unpaired) electrons. The molecule has 8 heteroatoms. The number of aromatic hydroxyl groups is 1. The molecule has 1 aromatic heterocycles. The number of piperidine rings is 1. The van der Waals surface area contributed by atoms with Gasteiger partial charge < -0.3 is 19.8 Å². The number of rotatable bonds is 3. The fourth-order valence-corrected chi connectivity index (χ4v) is 5.21. The number of carbonyl (C=O) groups is 2. The molecule has 1 amide bonds. The van der Waals surface area contributed by atoms with Crippen molar-refractivity contribution in [1.29, 1.82) is 0 Å². The van der Waals surface area contributed by atoms with Crippen molar-refractivity contribution >= 4 is 23.2 Å². The van der Waals surface area contributed by atoms with Gasteiger partial charge in [-0.2, -0.15) is 0 Å². The van der Waals surface area contributed by atoms with Crippen molar-refractivity contribution in [3.05, 3.63) is 51.0 Å². The van der Waals surface area contributed by atoms with Crippen LogP contribution >= 0.6 is 11.3 Å². The van der Waals surface area contributed by atoms with Crippen molar-refractivity contribution in [2.75, 3.05) is 19.7 Å². The lowest BCUT2D eigenvalue weighted by molar-refractivity contribution is -0.139. The molecule has 28 heavy (non-hydrogen) atoms. The standard InChI is InChI=1S/C20H20FNO5S/c21-14-9-12(1-2-15(14)23)10-17(24)22-6-4-20(5-7-22)18-13(3-8-27-20)11-16(28-18)19(25)26/h1-2,9,11,23H,3-8,10H2,(H,25,26). The van der Waals surface area contributed by atoms with Gasteiger partial charge in [-0.25, -0.2) is 9.18 Å². The molecule has 0 saturated carbocycles. The molecule has 2 aliphatic heterocycles. The first-order valence-corrected chi connectivity index (χ1v) is 9.95. The van der Waals surface area contributed by atoms with Gasteiger partial charge in [-0.3, -0.25) is 4.79 Å². The smallest absolute Gasteiger partial charge is 0.345 e. The molecule has 0 atom stereocenters. The molecule has 1 aromatic carbocycles. The summed E-state index contributed by atoms with van der Waals surface area (Å²) in [5, 5.41) is 18.6. The predicted molar refractivity (Wildman–Crippen MR) is 100 cm³/mol. The van der Waals surface area contributed by atoms with Crippen molar-refractivity contribution in [2.24, 2.45) is 0 Å². The Labute approximate surface area is 165 Å². The first-order chi connectivity index (χ1) is 13.4. The van der Waals surface area contributed by atoms with E-state index in [0.29, 0.717) is 49.4 Å². The van der Waals surface area contributed by atoms with Gasteiger partial charge in [0.1, 0.15) is 10.5 Å². The van der Waals surface area contributed by atoms with Gasteiger partial charge in [-0.05, 0) is 48.6 Å². The van der Waals surface area contributed by atoms with Crippen LogP contribution in [0.4, 0.5) is 4.39 Å². The van der Waals surface area contributed by atoms with Crippen molar-refractivity contribution < 1.29 is 28.9 Å². The number of nitrogens with zero attached hydrogens (tertiary/aromatic N) is 1. The maximum Gasteiger partial charge on any atom is 0.345 e. The number of carboxylic acid groups (broad SMARTS) is 1. The fourth-order valence-electron chi connectivity index (χ4n) is 3.96. The largest absolute Gasteiger partial charge is 0.505 e. The van der Waals surface area contributed by atoms with Crippen LogP contribution in [0.2, 0.25) is 0 Å². The van der Waals surface area contributed by atoms with Crippen LogP contribution in [0, 0.1) is 5.82 Å². The number of hydrogen-bond donors (Lipinski definition) is 2. The highest BCUT2D eigenvalue weighted by Crippen LogP contribution is 2.45. The molecular formula is C20H20FNO5S. The minimum atomic E-state index is -0.928. The molecule has 2 aromatic rings. The maximum atomic E-state index is 13.5. The van der Waals surface area contributed by atoms with Crippen LogP contribution in [0.1, 0.15) is 38.5 Å². The number of carbonyl (C=O) groups excluding carboxylic acids is 1.